The molecule has 0 saturated carbocycles. The first kappa shape index (κ1) is 13.4. The van der Waals surface area contributed by atoms with Crippen molar-refractivity contribution in [2.75, 3.05) is 20.2 Å². The molecule has 3 nitrogen and oxygen atoms in total. The smallest absolute Gasteiger partial charge is 0.228 e. The minimum Gasteiger partial charge on any atom is -0.396 e. The van der Waals surface area contributed by atoms with Crippen molar-refractivity contribution in [3.8, 4) is 0 Å². The van der Waals surface area contributed by atoms with Crippen LogP contribution in [0.15, 0.2) is 0 Å². The van der Waals surface area contributed by atoms with Crippen molar-refractivity contribution >= 4 is 5.91 Å². The summed E-state index contributed by atoms with van der Waals surface area (Å²) < 4.78 is 0. The van der Waals surface area contributed by atoms with Gasteiger partial charge in [-0.1, -0.05) is 27.7 Å². The van der Waals surface area contributed by atoms with Crippen LogP contribution < -0.4 is 0 Å². The molecule has 1 N–H and O–H groups in total. The minimum atomic E-state index is -0.251. The van der Waals surface area contributed by atoms with Gasteiger partial charge in [0.2, 0.25) is 5.91 Å². The van der Waals surface area contributed by atoms with E-state index in [1.165, 1.54) is 0 Å². The lowest BCUT2D eigenvalue weighted by Gasteiger charge is -2.26. The van der Waals surface area contributed by atoms with Crippen LogP contribution in [0, 0.1) is 17.8 Å². The van der Waals surface area contributed by atoms with Crippen LogP contribution in [0.5, 0.6) is 0 Å². The third-order valence-electron chi connectivity index (χ3n) is 2.33. The van der Waals surface area contributed by atoms with E-state index in [0.717, 1.165) is 6.54 Å². The van der Waals surface area contributed by atoms with E-state index in [1.54, 1.807) is 11.9 Å². The van der Waals surface area contributed by atoms with Gasteiger partial charge in [-0.2, -0.15) is 0 Å². The quantitative estimate of drug-likeness (QED) is 0.729. The zero-order chi connectivity index (χ0) is 11.3. The first-order valence-corrected chi connectivity index (χ1v) is 5.26. The SMILES string of the molecule is CC(C)CN(C)C(=O)C(CO)C(C)C. The molecule has 0 rings (SSSR count). The molecule has 0 aromatic heterocycles. The molecule has 0 aliphatic carbocycles. The summed E-state index contributed by atoms with van der Waals surface area (Å²) in [5.74, 6) is 0.465. The Morgan fingerprint density at radius 2 is 1.79 bits per heavy atom. The number of nitrogens with zero attached hydrogens (tertiary/aromatic N) is 1. The molecule has 1 amide bonds. The second-order valence-electron chi connectivity index (χ2n) is 4.65. The van der Waals surface area contributed by atoms with Crippen molar-refractivity contribution in [1.82, 2.24) is 4.90 Å². The van der Waals surface area contributed by atoms with Gasteiger partial charge in [0.1, 0.15) is 0 Å². The fourth-order valence-corrected chi connectivity index (χ4v) is 1.49. The molecule has 0 aliphatic heterocycles. The Labute approximate surface area is 87.1 Å². The normalized spacial score (nSPS) is 13.4. The third kappa shape index (κ3) is 4.09. The van der Waals surface area contributed by atoms with Crippen molar-refractivity contribution in [3.05, 3.63) is 0 Å². The summed E-state index contributed by atoms with van der Waals surface area (Å²) >= 11 is 0. The van der Waals surface area contributed by atoms with Crippen molar-refractivity contribution in [2.24, 2.45) is 17.8 Å². The molecule has 84 valence electrons. The second kappa shape index (κ2) is 6.02. The summed E-state index contributed by atoms with van der Waals surface area (Å²) in [4.78, 5) is 13.5. The van der Waals surface area contributed by atoms with Gasteiger partial charge in [0.15, 0.2) is 0 Å². The topological polar surface area (TPSA) is 40.5 Å². The Balaban J connectivity index is 4.27. The third-order valence-corrected chi connectivity index (χ3v) is 2.33. The number of hydrogen-bond donors (Lipinski definition) is 1. The van der Waals surface area contributed by atoms with Crippen LogP contribution in [-0.2, 0) is 4.79 Å². The van der Waals surface area contributed by atoms with E-state index in [-0.39, 0.29) is 24.3 Å². The average molecular weight is 201 g/mol. The highest BCUT2D eigenvalue weighted by Crippen LogP contribution is 2.13. The zero-order valence-corrected chi connectivity index (χ0v) is 9.95. The van der Waals surface area contributed by atoms with Crippen molar-refractivity contribution < 1.29 is 9.90 Å². The maximum Gasteiger partial charge on any atom is 0.228 e. The average Bonchev–Trinajstić information content (AvgIpc) is 2.03. The molecular formula is C11H23NO2. The van der Waals surface area contributed by atoms with Gasteiger partial charge in [-0.25, -0.2) is 0 Å². The minimum absolute atomic E-state index is 0.0520. The molecule has 1 atom stereocenters. The number of carbonyl (C=O) groups is 1. The van der Waals surface area contributed by atoms with Gasteiger partial charge in [-0.3, -0.25) is 4.79 Å². The van der Waals surface area contributed by atoms with Crippen molar-refractivity contribution in [2.45, 2.75) is 27.7 Å². The molecule has 1 unspecified atom stereocenters. The molecule has 0 aromatic rings. The highest BCUT2D eigenvalue weighted by molar-refractivity contribution is 5.78. The van der Waals surface area contributed by atoms with Crippen LogP contribution >= 0.6 is 0 Å². The van der Waals surface area contributed by atoms with E-state index >= 15 is 0 Å². The van der Waals surface area contributed by atoms with Crippen molar-refractivity contribution in [1.29, 1.82) is 0 Å². The summed E-state index contributed by atoms with van der Waals surface area (Å²) in [5.41, 5.74) is 0. The van der Waals surface area contributed by atoms with E-state index < -0.39 is 0 Å². The summed E-state index contributed by atoms with van der Waals surface area (Å²) in [7, 11) is 1.80. The number of aliphatic hydroxyl groups excluding tert-OH is 1. The molecule has 0 aromatic carbocycles. The Morgan fingerprint density at radius 1 is 1.29 bits per heavy atom. The van der Waals surface area contributed by atoms with Gasteiger partial charge in [0.05, 0.1) is 12.5 Å². The van der Waals surface area contributed by atoms with Crippen LogP contribution in [0.2, 0.25) is 0 Å². The fourth-order valence-electron chi connectivity index (χ4n) is 1.49. The molecule has 0 aliphatic rings. The Bertz CT molecular complexity index is 178. The highest BCUT2D eigenvalue weighted by atomic mass is 16.3. The maximum atomic E-state index is 11.8. The van der Waals surface area contributed by atoms with Crippen molar-refractivity contribution in [3.63, 3.8) is 0 Å². The van der Waals surface area contributed by atoms with Gasteiger partial charge in [0.25, 0.3) is 0 Å². The number of aliphatic hydroxyl groups is 1. The number of amides is 1. The first-order valence-electron chi connectivity index (χ1n) is 5.26. The largest absolute Gasteiger partial charge is 0.396 e. The molecule has 0 heterocycles. The van der Waals surface area contributed by atoms with Gasteiger partial charge in [0, 0.05) is 13.6 Å². The molecular weight excluding hydrogens is 178 g/mol. The lowest BCUT2D eigenvalue weighted by molar-refractivity contribution is -0.137. The number of rotatable bonds is 5. The zero-order valence-electron chi connectivity index (χ0n) is 9.95. The second-order valence-corrected chi connectivity index (χ2v) is 4.65. The summed E-state index contributed by atoms with van der Waals surface area (Å²) in [6.07, 6.45) is 0. The fraction of sp³-hybridized carbons (Fsp3) is 0.909. The standard InChI is InChI=1S/C11H23NO2/c1-8(2)6-12(5)11(14)10(7-13)9(3)4/h8-10,13H,6-7H2,1-5H3. The molecule has 0 bridgehead atoms. The molecule has 3 heteroatoms. The lowest BCUT2D eigenvalue weighted by Crippen LogP contribution is -2.39. The Morgan fingerprint density at radius 3 is 2.07 bits per heavy atom. The van der Waals surface area contributed by atoms with Gasteiger partial charge >= 0.3 is 0 Å². The summed E-state index contributed by atoms with van der Waals surface area (Å²) in [6.45, 7) is 8.77. The highest BCUT2D eigenvalue weighted by Gasteiger charge is 2.24. The van der Waals surface area contributed by atoms with E-state index in [2.05, 4.69) is 13.8 Å². The van der Waals surface area contributed by atoms with E-state index in [4.69, 9.17) is 5.11 Å². The van der Waals surface area contributed by atoms with Crippen LogP contribution in [0.25, 0.3) is 0 Å². The molecule has 0 spiro atoms. The van der Waals surface area contributed by atoms with Crippen LogP contribution in [0.1, 0.15) is 27.7 Å². The molecule has 14 heavy (non-hydrogen) atoms. The predicted octanol–water partition coefficient (Wildman–Crippen LogP) is 1.37. The molecule has 0 fully saturated rings. The Kier molecular flexibility index (Phi) is 5.77. The molecule has 0 saturated heterocycles. The van der Waals surface area contributed by atoms with Crippen LogP contribution in [0.3, 0.4) is 0 Å². The van der Waals surface area contributed by atoms with E-state index in [1.807, 2.05) is 13.8 Å². The van der Waals surface area contributed by atoms with E-state index in [9.17, 15) is 4.79 Å². The first-order chi connectivity index (χ1) is 6.40. The number of hydrogen-bond acceptors (Lipinski definition) is 2. The summed E-state index contributed by atoms with van der Waals surface area (Å²) in [6, 6.07) is 0. The predicted molar refractivity (Wildman–Crippen MR) is 57.9 cm³/mol. The lowest BCUT2D eigenvalue weighted by atomic mass is 9.95. The van der Waals surface area contributed by atoms with Gasteiger partial charge in [-0.05, 0) is 11.8 Å². The maximum absolute atomic E-state index is 11.8. The van der Waals surface area contributed by atoms with Gasteiger partial charge in [-0.15, -0.1) is 0 Å². The van der Waals surface area contributed by atoms with E-state index in [0.29, 0.717) is 5.92 Å². The molecule has 0 radical (unpaired) electrons. The van der Waals surface area contributed by atoms with Crippen LogP contribution in [-0.4, -0.2) is 36.1 Å². The summed E-state index contributed by atoms with van der Waals surface area (Å²) in [5, 5.41) is 9.10. The van der Waals surface area contributed by atoms with Crippen LogP contribution in [0.4, 0.5) is 0 Å². The van der Waals surface area contributed by atoms with Gasteiger partial charge < -0.3 is 10.0 Å². The monoisotopic (exact) mass is 201 g/mol. The Hall–Kier alpha value is -0.570. The number of carbonyl (C=O) groups excluding carboxylic acids is 1.